The Morgan fingerprint density at radius 3 is 2.67 bits per heavy atom. The lowest BCUT2D eigenvalue weighted by Gasteiger charge is -2.05. The third-order valence-corrected chi connectivity index (χ3v) is 2.34. The molecule has 0 amide bonds. The monoisotopic (exact) mass is 280 g/mol. The van der Waals surface area contributed by atoms with E-state index in [0.717, 1.165) is 6.07 Å². The third kappa shape index (κ3) is 2.47. The number of rotatable bonds is 3. The second-order valence-electron chi connectivity index (χ2n) is 2.85. The Balaban J connectivity index is 3.37. The minimum Gasteiger partial charge on any atom is -0.258 e. The number of halogens is 3. The van der Waals surface area contributed by atoms with Crippen molar-refractivity contribution in [3.63, 3.8) is 0 Å². The van der Waals surface area contributed by atoms with Gasteiger partial charge in [0.05, 0.1) is 10.3 Å². The molecule has 0 unspecified atom stereocenters. The number of aryl methyl sites for hydroxylation is 1. The summed E-state index contributed by atoms with van der Waals surface area (Å²) >= 11 is 2.98. The fraction of sp³-hybridized carbons (Fsp3) is 0.375. The summed E-state index contributed by atoms with van der Waals surface area (Å²) < 4.78 is 24.7. The summed E-state index contributed by atoms with van der Waals surface area (Å²) in [4.78, 5) is 13.6. The van der Waals surface area contributed by atoms with Gasteiger partial charge in [0.15, 0.2) is 0 Å². The molecule has 1 heterocycles. The van der Waals surface area contributed by atoms with Crippen molar-refractivity contribution in [2.24, 2.45) is 0 Å². The Kier molecular flexibility index (Phi) is 3.67. The SMILES string of the molecule is Cc1cc(C(F)F)nc(CBr)c1[N+](=O)[O-]. The van der Waals surface area contributed by atoms with E-state index >= 15 is 0 Å². The zero-order valence-electron chi connectivity index (χ0n) is 7.71. The largest absolute Gasteiger partial charge is 0.294 e. The summed E-state index contributed by atoms with van der Waals surface area (Å²) in [6.45, 7) is 1.41. The predicted octanol–water partition coefficient (Wildman–Crippen LogP) is 3.13. The first-order valence-electron chi connectivity index (χ1n) is 3.96. The van der Waals surface area contributed by atoms with Gasteiger partial charge in [-0.15, -0.1) is 0 Å². The maximum Gasteiger partial charge on any atom is 0.294 e. The van der Waals surface area contributed by atoms with E-state index in [9.17, 15) is 18.9 Å². The van der Waals surface area contributed by atoms with Crippen LogP contribution in [-0.4, -0.2) is 9.91 Å². The van der Waals surface area contributed by atoms with Crippen LogP contribution in [0.3, 0.4) is 0 Å². The van der Waals surface area contributed by atoms with E-state index in [4.69, 9.17) is 0 Å². The lowest BCUT2D eigenvalue weighted by molar-refractivity contribution is -0.386. The highest BCUT2D eigenvalue weighted by Gasteiger charge is 2.22. The van der Waals surface area contributed by atoms with Gasteiger partial charge in [0, 0.05) is 5.56 Å². The molecule has 0 N–H and O–H groups in total. The summed E-state index contributed by atoms with van der Waals surface area (Å²) in [5.41, 5.74) is -0.432. The molecule has 1 aromatic rings. The minimum atomic E-state index is -2.72. The summed E-state index contributed by atoms with van der Waals surface area (Å²) in [5.74, 6) is 0. The zero-order valence-corrected chi connectivity index (χ0v) is 9.29. The van der Waals surface area contributed by atoms with Crippen molar-refractivity contribution < 1.29 is 13.7 Å². The highest BCUT2D eigenvalue weighted by Crippen LogP contribution is 2.28. The Morgan fingerprint density at radius 1 is 1.67 bits per heavy atom. The normalized spacial score (nSPS) is 10.7. The van der Waals surface area contributed by atoms with Crippen LogP contribution < -0.4 is 0 Å². The molecule has 1 aromatic heterocycles. The minimum absolute atomic E-state index is 0.0234. The summed E-state index contributed by atoms with van der Waals surface area (Å²) in [7, 11) is 0. The van der Waals surface area contributed by atoms with Crippen molar-refractivity contribution in [2.75, 3.05) is 0 Å². The molecule has 1 rings (SSSR count). The van der Waals surface area contributed by atoms with Gasteiger partial charge < -0.3 is 0 Å². The molecule has 15 heavy (non-hydrogen) atoms. The van der Waals surface area contributed by atoms with Gasteiger partial charge >= 0.3 is 0 Å². The van der Waals surface area contributed by atoms with Crippen molar-refractivity contribution in [3.8, 4) is 0 Å². The van der Waals surface area contributed by atoms with Crippen LogP contribution in [0.4, 0.5) is 14.5 Å². The molecule has 0 aliphatic heterocycles. The Hall–Kier alpha value is -1.11. The van der Waals surface area contributed by atoms with Crippen LogP contribution in [0.1, 0.15) is 23.4 Å². The van der Waals surface area contributed by atoms with Crippen LogP contribution in [0.5, 0.6) is 0 Å². The molecule has 0 saturated carbocycles. The van der Waals surface area contributed by atoms with Gasteiger partial charge in [-0.05, 0) is 13.0 Å². The molecule has 4 nitrogen and oxygen atoms in total. The van der Waals surface area contributed by atoms with Gasteiger partial charge in [0.25, 0.3) is 12.1 Å². The van der Waals surface area contributed by atoms with Crippen molar-refractivity contribution >= 4 is 21.6 Å². The topological polar surface area (TPSA) is 56.0 Å². The Labute approximate surface area is 92.6 Å². The summed E-state index contributed by atoms with van der Waals surface area (Å²) in [6.07, 6.45) is -2.72. The number of alkyl halides is 3. The Bertz CT molecular complexity index is 398. The van der Waals surface area contributed by atoms with E-state index in [0.29, 0.717) is 0 Å². The number of pyridine rings is 1. The van der Waals surface area contributed by atoms with E-state index in [1.807, 2.05) is 0 Å². The van der Waals surface area contributed by atoms with Crippen LogP contribution in [0.25, 0.3) is 0 Å². The van der Waals surface area contributed by atoms with Crippen molar-refractivity contribution in [1.82, 2.24) is 4.98 Å². The van der Waals surface area contributed by atoms with Gasteiger partial charge in [-0.2, -0.15) is 0 Å². The van der Waals surface area contributed by atoms with E-state index in [1.54, 1.807) is 0 Å². The summed E-state index contributed by atoms with van der Waals surface area (Å²) in [5, 5.41) is 10.7. The molecule has 0 fully saturated rings. The molecular weight excluding hydrogens is 274 g/mol. The van der Waals surface area contributed by atoms with E-state index in [-0.39, 0.29) is 22.3 Å². The molecule has 0 aromatic carbocycles. The smallest absolute Gasteiger partial charge is 0.258 e. The average Bonchev–Trinajstić information content (AvgIpc) is 2.15. The molecule has 0 bridgehead atoms. The number of nitro groups is 1. The molecule has 0 aliphatic carbocycles. The lowest BCUT2D eigenvalue weighted by atomic mass is 10.1. The third-order valence-electron chi connectivity index (χ3n) is 1.81. The highest BCUT2D eigenvalue weighted by molar-refractivity contribution is 9.08. The zero-order chi connectivity index (χ0) is 11.6. The number of hydrogen-bond acceptors (Lipinski definition) is 3. The quantitative estimate of drug-likeness (QED) is 0.486. The van der Waals surface area contributed by atoms with Crippen LogP contribution >= 0.6 is 15.9 Å². The molecule has 82 valence electrons. The fourth-order valence-corrected chi connectivity index (χ4v) is 1.60. The van der Waals surface area contributed by atoms with Crippen molar-refractivity contribution in [2.45, 2.75) is 18.7 Å². The van der Waals surface area contributed by atoms with Crippen molar-refractivity contribution in [1.29, 1.82) is 0 Å². The maximum atomic E-state index is 12.3. The molecule has 0 atom stereocenters. The molecule has 0 aliphatic rings. The molecule has 0 saturated heterocycles. The number of hydrogen-bond donors (Lipinski definition) is 0. The standard InChI is InChI=1S/C8H7BrF2N2O2/c1-4-2-5(8(10)11)12-6(3-9)7(4)13(14)15/h2,8H,3H2,1H3. The van der Waals surface area contributed by atoms with Gasteiger partial charge in [-0.25, -0.2) is 13.8 Å². The molecular formula is C8H7BrF2N2O2. The van der Waals surface area contributed by atoms with Crippen LogP contribution in [0.15, 0.2) is 6.07 Å². The summed E-state index contributed by atoms with van der Waals surface area (Å²) in [6, 6.07) is 1.04. The lowest BCUT2D eigenvalue weighted by Crippen LogP contribution is -2.03. The van der Waals surface area contributed by atoms with Crippen molar-refractivity contribution in [3.05, 3.63) is 33.1 Å². The first kappa shape index (κ1) is 12.0. The van der Waals surface area contributed by atoms with Crippen LogP contribution in [-0.2, 0) is 5.33 Å². The first-order chi connectivity index (χ1) is 6.97. The molecule has 7 heteroatoms. The highest BCUT2D eigenvalue weighted by atomic mass is 79.9. The average molecular weight is 281 g/mol. The predicted molar refractivity (Wildman–Crippen MR) is 53.2 cm³/mol. The first-order valence-corrected chi connectivity index (χ1v) is 5.08. The second-order valence-corrected chi connectivity index (χ2v) is 3.41. The van der Waals surface area contributed by atoms with E-state index in [1.165, 1.54) is 6.92 Å². The molecule has 0 spiro atoms. The van der Waals surface area contributed by atoms with Crippen LogP contribution in [0, 0.1) is 17.0 Å². The van der Waals surface area contributed by atoms with E-state index in [2.05, 4.69) is 20.9 Å². The van der Waals surface area contributed by atoms with Crippen LogP contribution in [0.2, 0.25) is 0 Å². The van der Waals surface area contributed by atoms with Gasteiger partial charge in [0.2, 0.25) is 0 Å². The number of nitrogens with zero attached hydrogens (tertiary/aromatic N) is 2. The fourth-order valence-electron chi connectivity index (χ4n) is 1.21. The van der Waals surface area contributed by atoms with E-state index < -0.39 is 17.0 Å². The maximum absolute atomic E-state index is 12.3. The van der Waals surface area contributed by atoms with Gasteiger partial charge in [-0.3, -0.25) is 10.1 Å². The number of aromatic nitrogens is 1. The Morgan fingerprint density at radius 2 is 2.27 bits per heavy atom. The van der Waals surface area contributed by atoms with Gasteiger partial charge in [0.1, 0.15) is 11.4 Å². The second kappa shape index (κ2) is 4.61. The molecule has 0 radical (unpaired) electrons. The van der Waals surface area contributed by atoms with Gasteiger partial charge in [-0.1, -0.05) is 15.9 Å².